The third kappa shape index (κ3) is 11.7. The minimum atomic E-state index is -1.56. The molecule has 14 heteroatoms. The van der Waals surface area contributed by atoms with Crippen molar-refractivity contribution in [2.75, 3.05) is 7.05 Å². The van der Waals surface area contributed by atoms with Gasteiger partial charge in [0.15, 0.2) is 18.3 Å². The summed E-state index contributed by atoms with van der Waals surface area (Å²) in [5.74, 6) is 0.0859. The lowest BCUT2D eigenvalue weighted by atomic mass is 9.90. The molecule has 5 N–H and O–H groups in total. The molecule has 2 aromatic carbocycles. The number of aromatic nitrogens is 2. The molecule has 0 unspecified atom stereocenters. The molecular weight excluding hydrogens is 656 g/mol. The molecule has 0 bridgehead atoms. The molecule has 51 heavy (non-hydrogen) atoms. The number of nitrogens with one attached hydrogen (secondary N) is 3. The monoisotopic (exact) mass is 704 g/mol. The number of aliphatic hydroxyl groups is 2. The highest BCUT2D eigenvalue weighted by molar-refractivity contribution is 5.87. The summed E-state index contributed by atoms with van der Waals surface area (Å²) in [4.78, 5) is 45.8. The first-order chi connectivity index (χ1) is 24.4. The Bertz CT molecular complexity index is 1650. The summed E-state index contributed by atoms with van der Waals surface area (Å²) in [5.41, 5.74) is 2.14. The zero-order chi connectivity index (χ0) is 36.9. The summed E-state index contributed by atoms with van der Waals surface area (Å²) in [5, 5.41) is 35.3. The fraction of sp³-hybridized carbons (Fsp3) is 0.432. The van der Waals surface area contributed by atoms with Gasteiger partial charge in [-0.25, -0.2) is 14.6 Å². The fourth-order valence-corrected chi connectivity index (χ4v) is 5.40. The molecule has 0 saturated heterocycles. The number of amides is 4. The first kappa shape index (κ1) is 38.6. The van der Waals surface area contributed by atoms with Crippen LogP contribution in [0.15, 0.2) is 88.1 Å². The summed E-state index contributed by atoms with van der Waals surface area (Å²) in [6.07, 6.45) is -0.766. The van der Waals surface area contributed by atoms with Crippen LogP contribution >= 0.6 is 0 Å². The van der Waals surface area contributed by atoms with Crippen LogP contribution in [0.2, 0.25) is 0 Å². The van der Waals surface area contributed by atoms with Gasteiger partial charge in [0, 0.05) is 19.0 Å². The number of ether oxygens (including phenoxy) is 1. The van der Waals surface area contributed by atoms with Crippen LogP contribution in [0.25, 0.3) is 0 Å². The van der Waals surface area contributed by atoms with E-state index in [1.807, 2.05) is 74.5 Å². The maximum absolute atomic E-state index is 13.9. The van der Waals surface area contributed by atoms with E-state index in [0.717, 1.165) is 11.1 Å². The number of carbonyl (C=O) groups excluding carboxylic acids is 3. The first-order valence-electron chi connectivity index (χ1n) is 16.9. The van der Waals surface area contributed by atoms with E-state index in [0.29, 0.717) is 17.3 Å². The highest BCUT2D eigenvalue weighted by Gasteiger charge is 2.36. The summed E-state index contributed by atoms with van der Waals surface area (Å²) < 4.78 is 15.7. The number of urea groups is 1. The minimum Gasteiger partial charge on any atom is -0.448 e. The molecular formula is C37H48N6O8. The zero-order valence-corrected chi connectivity index (χ0v) is 29.6. The van der Waals surface area contributed by atoms with E-state index in [1.54, 1.807) is 27.0 Å². The second kappa shape index (κ2) is 18.7. The lowest BCUT2D eigenvalue weighted by Gasteiger charge is -2.34. The van der Waals surface area contributed by atoms with Crippen molar-refractivity contribution < 1.29 is 38.3 Å². The summed E-state index contributed by atoms with van der Waals surface area (Å²) in [7, 11) is 1.59. The highest BCUT2D eigenvalue weighted by Crippen LogP contribution is 2.17. The van der Waals surface area contributed by atoms with Gasteiger partial charge in [0.05, 0.1) is 30.5 Å². The molecule has 274 valence electrons. The topological polar surface area (TPSA) is 192 Å². The quantitative estimate of drug-likeness (QED) is 0.108. The summed E-state index contributed by atoms with van der Waals surface area (Å²) >= 11 is 0. The van der Waals surface area contributed by atoms with Gasteiger partial charge in [-0.1, -0.05) is 93.5 Å². The Morgan fingerprint density at radius 2 is 1.43 bits per heavy atom. The number of hydrogen-bond donors (Lipinski definition) is 5. The van der Waals surface area contributed by atoms with Crippen LogP contribution < -0.4 is 16.0 Å². The molecule has 5 atom stereocenters. The molecule has 14 nitrogen and oxygen atoms in total. The second-order valence-electron chi connectivity index (χ2n) is 13.1. The predicted octanol–water partition coefficient (Wildman–Crippen LogP) is 3.94. The van der Waals surface area contributed by atoms with E-state index in [-0.39, 0.29) is 37.8 Å². The van der Waals surface area contributed by atoms with Gasteiger partial charge in [-0.2, -0.15) is 0 Å². The Morgan fingerprint density at radius 3 is 1.94 bits per heavy atom. The lowest BCUT2D eigenvalue weighted by molar-refractivity contribution is -0.126. The molecule has 0 saturated carbocycles. The molecule has 0 aliphatic heterocycles. The van der Waals surface area contributed by atoms with Gasteiger partial charge in [-0.3, -0.25) is 4.79 Å². The number of hydrogen-bond acceptors (Lipinski definition) is 10. The van der Waals surface area contributed by atoms with Crippen LogP contribution in [-0.2, 0) is 35.5 Å². The van der Waals surface area contributed by atoms with Gasteiger partial charge in [0.2, 0.25) is 5.91 Å². The Labute approximate surface area is 297 Å². The van der Waals surface area contributed by atoms with Crippen LogP contribution in [0, 0.1) is 5.92 Å². The third-order valence-corrected chi connectivity index (χ3v) is 8.28. The van der Waals surface area contributed by atoms with E-state index in [9.17, 15) is 24.6 Å². The number of benzene rings is 2. The molecule has 0 fully saturated rings. The average Bonchev–Trinajstić information content (AvgIpc) is 3.82. The summed E-state index contributed by atoms with van der Waals surface area (Å²) in [6.45, 7) is 7.46. The molecule has 0 aliphatic carbocycles. The number of carbonyl (C=O) groups is 3. The van der Waals surface area contributed by atoms with Crippen molar-refractivity contribution in [3.05, 3.63) is 108 Å². The second-order valence-corrected chi connectivity index (χ2v) is 13.1. The third-order valence-electron chi connectivity index (χ3n) is 8.28. The van der Waals surface area contributed by atoms with E-state index in [2.05, 4.69) is 26.1 Å². The average molecular weight is 705 g/mol. The molecule has 4 rings (SSSR count). The zero-order valence-electron chi connectivity index (χ0n) is 29.6. The van der Waals surface area contributed by atoms with E-state index < -0.39 is 48.4 Å². The van der Waals surface area contributed by atoms with Crippen molar-refractivity contribution >= 4 is 18.0 Å². The van der Waals surface area contributed by atoms with E-state index in [1.165, 1.54) is 17.4 Å². The van der Waals surface area contributed by atoms with Crippen LogP contribution in [0.3, 0.4) is 0 Å². The Balaban J connectivity index is 1.50. The van der Waals surface area contributed by atoms with Crippen LogP contribution in [-0.4, -0.2) is 80.7 Å². The van der Waals surface area contributed by atoms with E-state index >= 15 is 0 Å². The van der Waals surface area contributed by atoms with Crippen LogP contribution in [0.5, 0.6) is 0 Å². The molecule has 2 heterocycles. The minimum absolute atomic E-state index is 0.0907. The van der Waals surface area contributed by atoms with Crippen LogP contribution in [0.4, 0.5) is 9.59 Å². The molecule has 4 amide bonds. The molecule has 0 aliphatic rings. The SMILES string of the molecule is CC(C)c1nc(CN(C)C(=O)N[C@H](C(=O)N[C@@H](Cc2ccccc2)[C@H](O)[C@H](O)[C@H](Cc2ccccc2)NC(=O)OCc2ccno2)C(C)C)co1. The van der Waals surface area contributed by atoms with Crippen molar-refractivity contribution in [3.63, 3.8) is 0 Å². The number of nitrogens with zero attached hydrogens (tertiary/aromatic N) is 3. The number of alkyl carbamates (subject to hydrolysis) is 1. The Kier molecular flexibility index (Phi) is 14.1. The first-order valence-corrected chi connectivity index (χ1v) is 16.9. The predicted molar refractivity (Wildman–Crippen MR) is 187 cm³/mol. The van der Waals surface area contributed by atoms with Crippen LogP contribution in [0.1, 0.15) is 62.1 Å². The standard InChI is InChI=1S/C37H48N6O8/c1-23(2)31(42-36(47)43(5)20-27-21-49-35(39-27)24(3)4)34(46)40-29(18-25-12-8-6-9-13-25)32(44)33(45)30(19-26-14-10-7-11-15-26)41-37(48)50-22-28-16-17-38-51-28/h6-17,21,23-24,29-33,44-45H,18-20,22H2,1-5H3,(H,40,46)(H,41,48)(H,42,47)/t29-,30-,31-,32-,33+/m0/s1. The Hall–Kier alpha value is -5.21. The normalized spacial score (nSPS) is 14.3. The number of rotatable bonds is 17. The van der Waals surface area contributed by atoms with Crippen molar-refractivity contribution in [1.29, 1.82) is 0 Å². The van der Waals surface area contributed by atoms with E-state index in [4.69, 9.17) is 13.7 Å². The van der Waals surface area contributed by atoms with Gasteiger partial charge in [-0.05, 0) is 29.9 Å². The molecule has 4 aromatic rings. The smallest absolute Gasteiger partial charge is 0.407 e. The molecule has 0 radical (unpaired) electrons. The maximum atomic E-state index is 13.9. The maximum Gasteiger partial charge on any atom is 0.407 e. The molecule has 0 spiro atoms. The largest absolute Gasteiger partial charge is 0.448 e. The van der Waals surface area contributed by atoms with Crippen molar-refractivity contribution in [2.45, 2.75) is 89.9 Å². The number of oxazole rings is 1. The van der Waals surface area contributed by atoms with Gasteiger partial charge in [0.1, 0.15) is 24.5 Å². The van der Waals surface area contributed by atoms with Gasteiger partial charge in [0.25, 0.3) is 0 Å². The van der Waals surface area contributed by atoms with Gasteiger partial charge < -0.3 is 44.7 Å². The van der Waals surface area contributed by atoms with Crippen molar-refractivity contribution in [3.8, 4) is 0 Å². The van der Waals surface area contributed by atoms with Crippen molar-refractivity contribution in [2.24, 2.45) is 5.92 Å². The lowest BCUT2D eigenvalue weighted by Crippen LogP contribution is -2.60. The molecule has 2 aromatic heterocycles. The highest BCUT2D eigenvalue weighted by atomic mass is 16.6. The fourth-order valence-electron chi connectivity index (χ4n) is 5.40. The Morgan fingerprint density at radius 1 is 0.843 bits per heavy atom. The summed E-state index contributed by atoms with van der Waals surface area (Å²) in [6, 6.07) is 16.3. The van der Waals surface area contributed by atoms with Gasteiger partial charge >= 0.3 is 12.1 Å². The number of aliphatic hydroxyl groups excluding tert-OH is 2. The van der Waals surface area contributed by atoms with Crippen molar-refractivity contribution in [1.82, 2.24) is 31.0 Å². The van der Waals surface area contributed by atoms with Gasteiger partial charge in [-0.15, -0.1) is 0 Å².